The minimum absolute atomic E-state index is 0.793. The fraction of sp³-hybridized carbons (Fsp3) is 0.636. The molecule has 1 saturated heterocycles. The predicted molar refractivity (Wildman–Crippen MR) is 55.9 cm³/mol. The van der Waals surface area contributed by atoms with Crippen molar-refractivity contribution in [2.75, 3.05) is 13.1 Å². The topological polar surface area (TPSA) is 37.8 Å². The van der Waals surface area contributed by atoms with Crippen molar-refractivity contribution in [3.05, 3.63) is 24.3 Å². The molecule has 3 heteroatoms. The van der Waals surface area contributed by atoms with Crippen molar-refractivity contribution in [3.63, 3.8) is 0 Å². The molecule has 0 bridgehead atoms. The van der Waals surface area contributed by atoms with E-state index in [1.54, 1.807) is 12.4 Å². The first-order chi connectivity index (χ1) is 6.95. The molecule has 1 aromatic heterocycles. The summed E-state index contributed by atoms with van der Waals surface area (Å²) >= 11 is 0. The van der Waals surface area contributed by atoms with Crippen LogP contribution in [0.5, 0.6) is 0 Å². The molecule has 1 atom stereocenters. The molecular weight excluding hydrogens is 174 g/mol. The summed E-state index contributed by atoms with van der Waals surface area (Å²) in [6, 6.07) is 0. The van der Waals surface area contributed by atoms with Gasteiger partial charge in [-0.25, -0.2) is 0 Å². The zero-order valence-electron chi connectivity index (χ0n) is 8.45. The van der Waals surface area contributed by atoms with Crippen molar-refractivity contribution in [1.82, 2.24) is 15.3 Å². The van der Waals surface area contributed by atoms with Gasteiger partial charge in [0, 0.05) is 18.6 Å². The lowest BCUT2D eigenvalue weighted by Crippen LogP contribution is -2.14. The third kappa shape index (κ3) is 2.77. The number of hydrogen-bond acceptors (Lipinski definition) is 3. The Morgan fingerprint density at radius 1 is 1.29 bits per heavy atom. The molecule has 0 spiro atoms. The van der Waals surface area contributed by atoms with Crippen LogP contribution < -0.4 is 5.32 Å². The van der Waals surface area contributed by atoms with Gasteiger partial charge >= 0.3 is 0 Å². The smallest absolute Gasteiger partial charge is 0.0589 e. The Balaban J connectivity index is 1.90. The Morgan fingerprint density at radius 2 is 2.29 bits per heavy atom. The third-order valence-corrected chi connectivity index (χ3v) is 2.81. The Kier molecular flexibility index (Phi) is 3.46. The zero-order chi connectivity index (χ0) is 9.64. The van der Waals surface area contributed by atoms with Crippen LogP contribution in [-0.2, 0) is 6.42 Å². The highest BCUT2D eigenvalue weighted by Gasteiger charge is 2.12. The molecule has 1 fully saturated rings. The summed E-state index contributed by atoms with van der Waals surface area (Å²) in [6.07, 6.45) is 10.4. The normalized spacial score (nSPS) is 23.0. The quantitative estimate of drug-likeness (QED) is 0.768. The zero-order valence-corrected chi connectivity index (χ0v) is 8.45. The maximum atomic E-state index is 4.32. The van der Waals surface area contributed by atoms with Gasteiger partial charge in [-0.15, -0.1) is 0 Å². The monoisotopic (exact) mass is 191 g/mol. The van der Waals surface area contributed by atoms with E-state index in [2.05, 4.69) is 15.3 Å². The first kappa shape index (κ1) is 9.59. The fourth-order valence-corrected chi connectivity index (χ4v) is 2.03. The first-order valence-electron chi connectivity index (χ1n) is 5.41. The van der Waals surface area contributed by atoms with Crippen LogP contribution in [0.15, 0.2) is 18.6 Å². The van der Waals surface area contributed by atoms with E-state index in [-0.39, 0.29) is 0 Å². The summed E-state index contributed by atoms with van der Waals surface area (Å²) in [5.74, 6) is 0.793. The highest BCUT2D eigenvalue weighted by atomic mass is 14.9. The van der Waals surface area contributed by atoms with Gasteiger partial charge in [-0.05, 0) is 44.7 Å². The summed E-state index contributed by atoms with van der Waals surface area (Å²) in [5, 5.41) is 3.43. The van der Waals surface area contributed by atoms with Crippen LogP contribution in [0.4, 0.5) is 0 Å². The van der Waals surface area contributed by atoms with E-state index in [0.29, 0.717) is 0 Å². The summed E-state index contributed by atoms with van der Waals surface area (Å²) in [4.78, 5) is 8.42. The average molecular weight is 191 g/mol. The third-order valence-electron chi connectivity index (χ3n) is 2.81. The van der Waals surface area contributed by atoms with Gasteiger partial charge in [0.05, 0.1) is 5.69 Å². The lowest BCUT2D eigenvalue weighted by Gasteiger charge is -2.11. The molecule has 0 saturated carbocycles. The van der Waals surface area contributed by atoms with Gasteiger partial charge in [0.15, 0.2) is 0 Å². The molecule has 0 aromatic carbocycles. The van der Waals surface area contributed by atoms with Crippen molar-refractivity contribution < 1.29 is 0 Å². The van der Waals surface area contributed by atoms with Gasteiger partial charge in [0.1, 0.15) is 0 Å². The lowest BCUT2D eigenvalue weighted by atomic mass is 9.95. The van der Waals surface area contributed by atoms with Crippen LogP contribution in [0, 0.1) is 5.92 Å². The van der Waals surface area contributed by atoms with Gasteiger partial charge in [-0.1, -0.05) is 0 Å². The van der Waals surface area contributed by atoms with Gasteiger partial charge in [-0.2, -0.15) is 0 Å². The molecule has 2 heterocycles. The second-order valence-corrected chi connectivity index (χ2v) is 3.95. The van der Waals surface area contributed by atoms with E-state index >= 15 is 0 Å². The van der Waals surface area contributed by atoms with E-state index in [4.69, 9.17) is 0 Å². The molecule has 0 amide bonds. The molecule has 1 aliphatic heterocycles. The van der Waals surface area contributed by atoms with Crippen molar-refractivity contribution >= 4 is 0 Å². The number of nitrogens with one attached hydrogen (secondary N) is 1. The van der Waals surface area contributed by atoms with Crippen LogP contribution in [-0.4, -0.2) is 23.1 Å². The van der Waals surface area contributed by atoms with Crippen LogP contribution in [0.1, 0.15) is 25.0 Å². The SMILES string of the molecule is c1cnc(CC2CCCNCC2)cn1. The van der Waals surface area contributed by atoms with Gasteiger partial charge in [0.25, 0.3) is 0 Å². The average Bonchev–Trinajstić information content (AvgIpc) is 2.48. The fourth-order valence-electron chi connectivity index (χ4n) is 2.03. The Labute approximate surface area is 85.0 Å². The number of hydrogen-bond donors (Lipinski definition) is 1. The van der Waals surface area contributed by atoms with Gasteiger partial charge in [0.2, 0.25) is 0 Å². The maximum Gasteiger partial charge on any atom is 0.0589 e. The molecule has 1 unspecified atom stereocenters. The van der Waals surface area contributed by atoms with Crippen molar-refractivity contribution in [2.24, 2.45) is 5.92 Å². The van der Waals surface area contributed by atoms with E-state index in [1.165, 1.54) is 25.8 Å². The van der Waals surface area contributed by atoms with E-state index < -0.39 is 0 Å². The standard InChI is InChI=1S/C11H17N3/c1-2-10(3-5-12-4-1)8-11-9-13-6-7-14-11/h6-7,9-10,12H,1-5,8H2. The molecule has 1 aromatic rings. The van der Waals surface area contributed by atoms with Crippen molar-refractivity contribution in [1.29, 1.82) is 0 Å². The minimum Gasteiger partial charge on any atom is -0.317 e. The molecule has 3 nitrogen and oxygen atoms in total. The molecule has 2 rings (SSSR count). The summed E-state index contributed by atoms with van der Waals surface area (Å²) in [7, 11) is 0. The number of rotatable bonds is 2. The Morgan fingerprint density at radius 3 is 3.14 bits per heavy atom. The highest BCUT2D eigenvalue weighted by Crippen LogP contribution is 2.17. The molecule has 0 aliphatic carbocycles. The molecule has 76 valence electrons. The van der Waals surface area contributed by atoms with Crippen LogP contribution in [0.25, 0.3) is 0 Å². The van der Waals surface area contributed by atoms with E-state index in [9.17, 15) is 0 Å². The molecular formula is C11H17N3. The van der Waals surface area contributed by atoms with Crippen LogP contribution >= 0.6 is 0 Å². The van der Waals surface area contributed by atoms with Gasteiger partial charge in [-0.3, -0.25) is 9.97 Å². The maximum absolute atomic E-state index is 4.32. The van der Waals surface area contributed by atoms with E-state index in [0.717, 1.165) is 24.6 Å². The summed E-state index contributed by atoms with van der Waals surface area (Å²) < 4.78 is 0. The minimum atomic E-state index is 0.793. The molecule has 1 N–H and O–H groups in total. The second kappa shape index (κ2) is 5.05. The molecule has 14 heavy (non-hydrogen) atoms. The first-order valence-corrected chi connectivity index (χ1v) is 5.41. The van der Waals surface area contributed by atoms with E-state index in [1.807, 2.05) is 6.20 Å². The molecule has 1 aliphatic rings. The Bertz CT molecular complexity index is 252. The van der Waals surface area contributed by atoms with Crippen molar-refractivity contribution in [2.45, 2.75) is 25.7 Å². The molecule has 0 radical (unpaired) electrons. The van der Waals surface area contributed by atoms with Crippen LogP contribution in [0.3, 0.4) is 0 Å². The second-order valence-electron chi connectivity index (χ2n) is 3.95. The van der Waals surface area contributed by atoms with Gasteiger partial charge < -0.3 is 5.32 Å². The summed E-state index contributed by atoms with van der Waals surface area (Å²) in [5.41, 5.74) is 1.14. The van der Waals surface area contributed by atoms with Crippen LogP contribution in [0.2, 0.25) is 0 Å². The Hall–Kier alpha value is -0.960. The number of aromatic nitrogens is 2. The van der Waals surface area contributed by atoms with Crippen molar-refractivity contribution in [3.8, 4) is 0 Å². The summed E-state index contributed by atoms with van der Waals surface area (Å²) in [6.45, 7) is 2.34. The largest absolute Gasteiger partial charge is 0.317 e. The number of nitrogens with zero attached hydrogens (tertiary/aromatic N) is 2. The lowest BCUT2D eigenvalue weighted by molar-refractivity contribution is 0.464. The predicted octanol–water partition coefficient (Wildman–Crippen LogP) is 1.41. The highest BCUT2D eigenvalue weighted by molar-refractivity contribution is 4.96.